The van der Waals surface area contributed by atoms with E-state index in [-0.39, 0.29) is 0 Å². The molecule has 0 saturated carbocycles. The van der Waals surface area contributed by atoms with Gasteiger partial charge in [0.1, 0.15) is 0 Å². The van der Waals surface area contributed by atoms with Crippen molar-refractivity contribution in [2.45, 2.75) is 12.8 Å². The fraction of sp³-hybridized carbons (Fsp3) is 0.400. The lowest BCUT2D eigenvalue weighted by Gasteiger charge is -2.03. The summed E-state index contributed by atoms with van der Waals surface area (Å²) in [5.74, 6) is 0. The van der Waals surface area contributed by atoms with Crippen molar-refractivity contribution in [1.29, 1.82) is 0 Å². The van der Waals surface area contributed by atoms with Crippen LogP contribution in [0.5, 0.6) is 0 Å². The molecule has 0 aliphatic carbocycles. The lowest BCUT2D eigenvalue weighted by molar-refractivity contribution is 0.195. The maximum absolute atomic E-state index is 5.98. The van der Waals surface area contributed by atoms with Gasteiger partial charge in [0.05, 0.1) is 0 Å². The first-order valence-corrected chi connectivity index (χ1v) is 4.92. The van der Waals surface area contributed by atoms with E-state index in [2.05, 4.69) is 0 Å². The molecule has 0 atom stereocenters. The first-order valence-electron chi connectivity index (χ1n) is 4.17. The summed E-state index contributed by atoms with van der Waals surface area (Å²) < 4.78 is 4.96. The van der Waals surface area contributed by atoms with E-state index in [1.165, 1.54) is 0 Å². The topological polar surface area (TPSA) is 9.23 Å². The Morgan fingerprint density at radius 2 is 2.08 bits per heavy atom. The molecule has 1 aromatic rings. The number of benzene rings is 1. The van der Waals surface area contributed by atoms with E-state index >= 15 is 0 Å². The van der Waals surface area contributed by atoms with E-state index in [1.807, 2.05) is 12.1 Å². The van der Waals surface area contributed by atoms with Gasteiger partial charge in [-0.3, -0.25) is 0 Å². The van der Waals surface area contributed by atoms with E-state index in [0.717, 1.165) is 30.0 Å². The van der Waals surface area contributed by atoms with Crippen molar-refractivity contribution in [2.24, 2.45) is 0 Å². The average molecular weight is 219 g/mol. The largest absolute Gasteiger partial charge is 0.385 e. The van der Waals surface area contributed by atoms with Gasteiger partial charge < -0.3 is 4.74 Å². The highest BCUT2D eigenvalue weighted by atomic mass is 35.5. The summed E-state index contributed by atoms with van der Waals surface area (Å²) in [5.41, 5.74) is 1.13. The molecule has 0 spiro atoms. The molecule has 1 nitrogen and oxygen atoms in total. The fourth-order valence-electron chi connectivity index (χ4n) is 1.13. The zero-order valence-electron chi connectivity index (χ0n) is 7.52. The monoisotopic (exact) mass is 218 g/mol. The Balaban J connectivity index is 2.56. The minimum atomic E-state index is 0.681. The Bertz CT molecular complexity index is 274. The molecule has 0 radical (unpaired) electrons. The maximum Gasteiger partial charge on any atom is 0.0465 e. The number of methoxy groups -OCH3 is 1. The molecule has 0 saturated heterocycles. The standard InChI is InChI=1S/C10H12Cl2O/c1-13-6-2-3-8-4-5-9(11)7-10(8)12/h4-5,7H,2-3,6H2,1H3. The molecule has 0 unspecified atom stereocenters. The van der Waals surface area contributed by atoms with Crippen LogP contribution in [0.25, 0.3) is 0 Å². The van der Waals surface area contributed by atoms with Gasteiger partial charge in [-0.2, -0.15) is 0 Å². The van der Waals surface area contributed by atoms with Crippen molar-refractivity contribution in [3.05, 3.63) is 33.8 Å². The van der Waals surface area contributed by atoms with Crippen LogP contribution < -0.4 is 0 Å². The molecule has 1 rings (SSSR count). The molecule has 13 heavy (non-hydrogen) atoms. The van der Waals surface area contributed by atoms with Crippen LogP contribution in [-0.2, 0) is 11.2 Å². The molecule has 1 aromatic carbocycles. The molecular weight excluding hydrogens is 207 g/mol. The van der Waals surface area contributed by atoms with Crippen LogP contribution in [0.4, 0.5) is 0 Å². The third kappa shape index (κ3) is 3.55. The van der Waals surface area contributed by atoms with Crippen molar-refractivity contribution in [3.8, 4) is 0 Å². The number of hydrogen-bond acceptors (Lipinski definition) is 1. The van der Waals surface area contributed by atoms with Gasteiger partial charge in [-0.1, -0.05) is 29.3 Å². The number of aryl methyl sites for hydroxylation is 1. The van der Waals surface area contributed by atoms with Gasteiger partial charge in [0.25, 0.3) is 0 Å². The minimum absolute atomic E-state index is 0.681. The van der Waals surface area contributed by atoms with Crippen molar-refractivity contribution in [3.63, 3.8) is 0 Å². The summed E-state index contributed by atoms with van der Waals surface area (Å²) in [7, 11) is 1.70. The van der Waals surface area contributed by atoms with E-state index in [9.17, 15) is 0 Å². The van der Waals surface area contributed by atoms with Crippen molar-refractivity contribution >= 4 is 23.2 Å². The van der Waals surface area contributed by atoms with Crippen LogP contribution >= 0.6 is 23.2 Å². The molecule has 0 amide bonds. The predicted octanol–water partition coefficient (Wildman–Crippen LogP) is 3.57. The summed E-state index contributed by atoms with van der Waals surface area (Å²) in [6.07, 6.45) is 1.92. The molecular formula is C10H12Cl2O. The molecule has 0 N–H and O–H groups in total. The summed E-state index contributed by atoms with van der Waals surface area (Å²) in [5, 5.41) is 1.42. The predicted molar refractivity (Wildman–Crippen MR) is 56.7 cm³/mol. The Morgan fingerprint density at radius 1 is 1.31 bits per heavy atom. The Kier molecular flexibility index (Phi) is 4.57. The smallest absolute Gasteiger partial charge is 0.0465 e. The number of hydrogen-bond donors (Lipinski definition) is 0. The van der Waals surface area contributed by atoms with Crippen molar-refractivity contribution in [1.82, 2.24) is 0 Å². The maximum atomic E-state index is 5.98. The molecule has 0 fully saturated rings. The number of ether oxygens (including phenoxy) is 1. The van der Waals surface area contributed by atoms with Crippen LogP contribution in [0.2, 0.25) is 10.0 Å². The van der Waals surface area contributed by atoms with Crippen LogP contribution in [0.1, 0.15) is 12.0 Å². The molecule has 0 aliphatic rings. The average Bonchev–Trinajstić information content (AvgIpc) is 2.09. The van der Waals surface area contributed by atoms with Crippen LogP contribution in [0.15, 0.2) is 18.2 Å². The van der Waals surface area contributed by atoms with Crippen molar-refractivity contribution in [2.75, 3.05) is 13.7 Å². The third-order valence-corrected chi connectivity index (χ3v) is 2.40. The molecule has 0 aromatic heterocycles. The molecule has 72 valence electrons. The van der Waals surface area contributed by atoms with Gasteiger partial charge in [-0.15, -0.1) is 0 Å². The second kappa shape index (κ2) is 5.48. The molecule has 3 heteroatoms. The summed E-state index contributed by atoms with van der Waals surface area (Å²) in [4.78, 5) is 0. The van der Waals surface area contributed by atoms with E-state index < -0.39 is 0 Å². The first-order chi connectivity index (χ1) is 6.24. The Labute approximate surface area is 88.6 Å². The number of rotatable bonds is 4. The van der Waals surface area contributed by atoms with Crippen LogP contribution in [0, 0.1) is 0 Å². The van der Waals surface area contributed by atoms with E-state index in [0.29, 0.717) is 5.02 Å². The van der Waals surface area contributed by atoms with Crippen molar-refractivity contribution < 1.29 is 4.74 Å². The zero-order chi connectivity index (χ0) is 9.68. The second-order valence-electron chi connectivity index (χ2n) is 2.83. The first kappa shape index (κ1) is 10.8. The van der Waals surface area contributed by atoms with Gasteiger partial charge >= 0.3 is 0 Å². The lowest BCUT2D eigenvalue weighted by Crippen LogP contribution is -1.93. The van der Waals surface area contributed by atoms with Gasteiger partial charge in [-0.05, 0) is 30.5 Å². The highest BCUT2D eigenvalue weighted by Gasteiger charge is 2.00. The highest BCUT2D eigenvalue weighted by Crippen LogP contribution is 2.21. The summed E-state index contributed by atoms with van der Waals surface area (Å²) in [6, 6.07) is 5.58. The molecule has 0 bridgehead atoms. The van der Waals surface area contributed by atoms with Gasteiger partial charge in [-0.25, -0.2) is 0 Å². The van der Waals surface area contributed by atoms with E-state index in [1.54, 1.807) is 13.2 Å². The normalized spacial score (nSPS) is 10.4. The summed E-state index contributed by atoms with van der Waals surface area (Å²) >= 11 is 11.8. The quantitative estimate of drug-likeness (QED) is 0.703. The fourth-order valence-corrected chi connectivity index (χ4v) is 1.63. The molecule has 0 heterocycles. The van der Waals surface area contributed by atoms with E-state index in [4.69, 9.17) is 27.9 Å². The number of halogens is 2. The third-order valence-electron chi connectivity index (χ3n) is 1.81. The van der Waals surface area contributed by atoms with Gasteiger partial charge in [0.2, 0.25) is 0 Å². The van der Waals surface area contributed by atoms with Crippen LogP contribution in [-0.4, -0.2) is 13.7 Å². The Morgan fingerprint density at radius 3 is 2.69 bits per heavy atom. The van der Waals surface area contributed by atoms with Gasteiger partial charge in [0, 0.05) is 23.8 Å². The molecule has 0 aliphatic heterocycles. The summed E-state index contributed by atoms with van der Waals surface area (Å²) in [6.45, 7) is 0.763. The Hall–Kier alpha value is -0.240. The second-order valence-corrected chi connectivity index (χ2v) is 3.68. The zero-order valence-corrected chi connectivity index (χ0v) is 9.03. The van der Waals surface area contributed by atoms with Crippen LogP contribution in [0.3, 0.4) is 0 Å². The lowest BCUT2D eigenvalue weighted by atomic mass is 10.1. The highest BCUT2D eigenvalue weighted by molar-refractivity contribution is 6.35. The van der Waals surface area contributed by atoms with Gasteiger partial charge in [0.15, 0.2) is 0 Å². The minimum Gasteiger partial charge on any atom is -0.385 e. The SMILES string of the molecule is COCCCc1ccc(Cl)cc1Cl.